The minimum Gasteiger partial charge on any atom is -0.393 e. The molecule has 14 heavy (non-hydrogen) atoms. The van der Waals surface area contributed by atoms with Crippen molar-refractivity contribution in [2.24, 2.45) is 0 Å². The van der Waals surface area contributed by atoms with Gasteiger partial charge in [0.2, 0.25) is 0 Å². The SMILES string of the molecule is CC(O)CCNc1cc(Cl)ccc1Br. The minimum atomic E-state index is -0.277. The van der Waals surface area contributed by atoms with Crippen molar-refractivity contribution >= 4 is 33.2 Å². The predicted molar refractivity (Wildman–Crippen MR) is 63.9 cm³/mol. The fourth-order valence-corrected chi connectivity index (χ4v) is 1.61. The normalized spacial score (nSPS) is 12.6. The van der Waals surface area contributed by atoms with Gasteiger partial charge in [-0.3, -0.25) is 0 Å². The fourth-order valence-electron chi connectivity index (χ4n) is 1.05. The topological polar surface area (TPSA) is 32.3 Å². The van der Waals surface area contributed by atoms with E-state index in [-0.39, 0.29) is 6.10 Å². The molecule has 0 bridgehead atoms. The maximum atomic E-state index is 9.08. The first kappa shape index (κ1) is 11.8. The lowest BCUT2D eigenvalue weighted by molar-refractivity contribution is 0.189. The molecule has 0 fully saturated rings. The smallest absolute Gasteiger partial charge is 0.0528 e. The van der Waals surface area contributed by atoms with Crippen molar-refractivity contribution in [3.8, 4) is 0 Å². The Kier molecular flexibility index (Phi) is 4.72. The molecule has 0 aliphatic carbocycles. The highest BCUT2D eigenvalue weighted by molar-refractivity contribution is 9.10. The second kappa shape index (κ2) is 5.59. The molecular formula is C10H13BrClNO. The molecule has 0 radical (unpaired) electrons. The highest BCUT2D eigenvalue weighted by atomic mass is 79.9. The lowest BCUT2D eigenvalue weighted by Gasteiger charge is -2.09. The van der Waals surface area contributed by atoms with Crippen LogP contribution in [0, 0.1) is 0 Å². The Morgan fingerprint density at radius 3 is 2.93 bits per heavy atom. The molecular weight excluding hydrogens is 265 g/mol. The summed E-state index contributed by atoms with van der Waals surface area (Å²) >= 11 is 9.26. The number of halogens is 2. The van der Waals surface area contributed by atoms with Gasteiger partial charge in [-0.05, 0) is 47.5 Å². The van der Waals surface area contributed by atoms with Crippen molar-refractivity contribution in [2.45, 2.75) is 19.4 Å². The number of aliphatic hydroxyl groups is 1. The Morgan fingerprint density at radius 2 is 2.29 bits per heavy atom. The third-order valence-electron chi connectivity index (χ3n) is 1.81. The molecule has 1 unspecified atom stereocenters. The Balaban J connectivity index is 2.53. The second-order valence-electron chi connectivity index (χ2n) is 3.19. The first-order chi connectivity index (χ1) is 6.59. The molecule has 0 aliphatic rings. The summed E-state index contributed by atoms with van der Waals surface area (Å²) in [5.41, 5.74) is 0.957. The molecule has 0 saturated carbocycles. The van der Waals surface area contributed by atoms with E-state index < -0.39 is 0 Å². The quantitative estimate of drug-likeness (QED) is 0.886. The van der Waals surface area contributed by atoms with Crippen LogP contribution in [0.2, 0.25) is 5.02 Å². The fraction of sp³-hybridized carbons (Fsp3) is 0.400. The van der Waals surface area contributed by atoms with E-state index in [1.807, 2.05) is 18.2 Å². The van der Waals surface area contributed by atoms with Gasteiger partial charge in [-0.15, -0.1) is 0 Å². The van der Waals surface area contributed by atoms with E-state index in [2.05, 4.69) is 21.2 Å². The van der Waals surface area contributed by atoms with Crippen LogP contribution < -0.4 is 5.32 Å². The summed E-state index contributed by atoms with van der Waals surface area (Å²) in [6, 6.07) is 5.58. The van der Waals surface area contributed by atoms with Crippen LogP contribution in [-0.4, -0.2) is 17.8 Å². The predicted octanol–water partition coefficient (Wildman–Crippen LogP) is 3.29. The van der Waals surface area contributed by atoms with Gasteiger partial charge in [-0.25, -0.2) is 0 Å². The molecule has 4 heteroatoms. The number of benzene rings is 1. The lowest BCUT2D eigenvalue weighted by atomic mass is 10.2. The van der Waals surface area contributed by atoms with Gasteiger partial charge in [-0.2, -0.15) is 0 Å². The van der Waals surface area contributed by atoms with Crippen LogP contribution in [0.3, 0.4) is 0 Å². The Morgan fingerprint density at radius 1 is 1.57 bits per heavy atom. The average molecular weight is 279 g/mol. The molecule has 1 atom stereocenters. The van der Waals surface area contributed by atoms with Crippen LogP contribution in [0.4, 0.5) is 5.69 Å². The number of nitrogens with one attached hydrogen (secondary N) is 1. The Bertz CT molecular complexity index is 304. The molecule has 78 valence electrons. The summed E-state index contributed by atoms with van der Waals surface area (Å²) in [4.78, 5) is 0. The molecule has 2 nitrogen and oxygen atoms in total. The zero-order valence-corrected chi connectivity index (χ0v) is 10.3. The molecule has 0 saturated heterocycles. The molecule has 2 N–H and O–H groups in total. The van der Waals surface area contributed by atoms with Crippen LogP contribution >= 0.6 is 27.5 Å². The monoisotopic (exact) mass is 277 g/mol. The van der Waals surface area contributed by atoms with E-state index in [1.165, 1.54) is 0 Å². The molecule has 0 aliphatic heterocycles. The van der Waals surface area contributed by atoms with Gasteiger partial charge < -0.3 is 10.4 Å². The second-order valence-corrected chi connectivity index (χ2v) is 4.48. The van der Waals surface area contributed by atoms with Gasteiger partial charge in [0, 0.05) is 21.7 Å². The van der Waals surface area contributed by atoms with Crippen molar-refractivity contribution in [1.82, 2.24) is 0 Å². The van der Waals surface area contributed by atoms with E-state index in [1.54, 1.807) is 6.92 Å². The first-order valence-corrected chi connectivity index (χ1v) is 5.63. The number of hydrogen-bond donors (Lipinski definition) is 2. The summed E-state index contributed by atoms with van der Waals surface area (Å²) in [6.07, 6.45) is 0.444. The molecule has 1 aromatic carbocycles. The molecule has 1 aromatic rings. The maximum Gasteiger partial charge on any atom is 0.0528 e. The van der Waals surface area contributed by atoms with Crippen LogP contribution in [0.5, 0.6) is 0 Å². The third kappa shape index (κ3) is 3.86. The van der Waals surface area contributed by atoms with Gasteiger partial charge in [0.05, 0.1) is 6.10 Å². The van der Waals surface area contributed by atoms with Crippen molar-refractivity contribution in [3.05, 3.63) is 27.7 Å². The lowest BCUT2D eigenvalue weighted by Crippen LogP contribution is -2.09. The van der Waals surface area contributed by atoms with Crippen molar-refractivity contribution in [3.63, 3.8) is 0 Å². The summed E-state index contributed by atoms with van der Waals surface area (Å²) in [5, 5.41) is 13.0. The van der Waals surface area contributed by atoms with Gasteiger partial charge >= 0.3 is 0 Å². The Hall–Kier alpha value is -0.250. The average Bonchev–Trinajstić information content (AvgIpc) is 2.10. The van der Waals surface area contributed by atoms with Gasteiger partial charge in [0.1, 0.15) is 0 Å². The van der Waals surface area contributed by atoms with E-state index in [4.69, 9.17) is 16.7 Å². The number of aliphatic hydroxyl groups excluding tert-OH is 1. The Labute approximate surface area is 97.4 Å². The molecule has 0 spiro atoms. The van der Waals surface area contributed by atoms with Crippen LogP contribution in [0.25, 0.3) is 0 Å². The minimum absolute atomic E-state index is 0.277. The molecule has 0 aromatic heterocycles. The maximum absolute atomic E-state index is 9.08. The summed E-state index contributed by atoms with van der Waals surface area (Å²) < 4.78 is 0.979. The highest BCUT2D eigenvalue weighted by Crippen LogP contribution is 2.25. The standard InChI is InChI=1S/C10H13BrClNO/c1-7(14)4-5-13-10-6-8(12)2-3-9(10)11/h2-3,6-7,13-14H,4-5H2,1H3. The van der Waals surface area contributed by atoms with Gasteiger partial charge in [0.25, 0.3) is 0 Å². The van der Waals surface area contributed by atoms with Crippen LogP contribution in [-0.2, 0) is 0 Å². The number of rotatable bonds is 4. The van der Waals surface area contributed by atoms with E-state index in [9.17, 15) is 0 Å². The highest BCUT2D eigenvalue weighted by Gasteiger charge is 2.00. The van der Waals surface area contributed by atoms with E-state index >= 15 is 0 Å². The largest absolute Gasteiger partial charge is 0.393 e. The first-order valence-electron chi connectivity index (χ1n) is 4.46. The zero-order valence-electron chi connectivity index (χ0n) is 7.93. The molecule has 0 heterocycles. The van der Waals surface area contributed by atoms with E-state index in [0.717, 1.165) is 23.1 Å². The van der Waals surface area contributed by atoms with E-state index in [0.29, 0.717) is 5.02 Å². The summed E-state index contributed by atoms with van der Waals surface area (Å²) in [7, 11) is 0. The summed E-state index contributed by atoms with van der Waals surface area (Å²) in [5.74, 6) is 0. The van der Waals surface area contributed by atoms with Crippen molar-refractivity contribution < 1.29 is 5.11 Å². The molecule has 0 amide bonds. The van der Waals surface area contributed by atoms with Crippen LogP contribution in [0.15, 0.2) is 22.7 Å². The molecule has 1 rings (SSSR count). The van der Waals surface area contributed by atoms with Crippen molar-refractivity contribution in [2.75, 3.05) is 11.9 Å². The van der Waals surface area contributed by atoms with Crippen molar-refractivity contribution in [1.29, 1.82) is 0 Å². The number of anilines is 1. The zero-order chi connectivity index (χ0) is 10.6. The third-order valence-corrected chi connectivity index (χ3v) is 2.73. The van der Waals surface area contributed by atoms with Gasteiger partial charge in [0.15, 0.2) is 0 Å². The number of hydrogen-bond acceptors (Lipinski definition) is 2. The summed E-state index contributed by atoms with van der Waals surface area (Å²) in [6.45, 7) is 2.51. The van der Waals surface area contributed by atoms with Gasteiger partial charge in [-0.1, -0.05) is 11.6 Å². The van der Waals surface area contributed by atoms with Crippen LogP contribution in [0.1, 0.15) is 13.3 Å².